The highest BCUT2D eigenvalue weighted by molar-refractivity contribution is 6.42. The molecule has 1 atom stereocenters. The summed E-state index contributed by atoms with van der Waals surface area (Å²) in [6.07, 6.45) is 2.60. The second-order valence-electron chi connectivity index (χ2n) is 4.12. The Morgan fingerprint density at radius 2 is 2.12 bits per heavy atom. The Labute approximate surface area is 106 Å². The number of halogens is 2. The summed E-state index contributed by atoms with van der Waals surface area (Å²) in [6, 6.07) is 5.79. The lowest BCUT2D eigenvalue weighted by Crippen LogP contribution is -2.33. The van der Waals surface area contributed by atoms with E-state index in [9.17, 15) is 0 Å². The first-order chi connectivity index (χ1) is 7.70. The van der Waals surface area contributed by atoms with Crippen molar-refractivity contribution in [2.45, 2.75) is 18.9 Å². The molecule has 2 rings (SSSR count). The van der Waals surface area contributed by atoms with Gasteiger partial charge in [0, 0.05) is 12.1 Å². The molecule has 0 saturated heterocycles. The van der Waals surface area contributed by atoms with Crippen LogP contribution in [0.15, 0.2) is 18.2 Å². The largest absolute Gasteiger partial charge is 0.492 e. The molecule has 0 radical (unpaired) electrons. The quantitative estimate of drug-likeness (QED) is 0.876. The van der Waals surface area contributed by atoms with Crippen LogP contribution in [0.25, 0.3) is 0 Å². The summed E-state index contributed by atoms with van der Waals surface area (Å²) < 4.78 is 5.69. The molecule has 1 aromatic rings. The fourth-order valence-corrected chi connectivity index (χ4v) is 1.99. The highest BCUT2D eigenvalue weighted by Crippen LogP contribution is 2.33. The van der Waals surface area contributed by atoms with Crippen molar-refractivity contribution in [3.05, 3.63) is 28.2 Å². The lowest BCUT2D eigenvalue weighted by atomic mass is 10.2. The third-order valence-corrected chi connectivity index (χ3v) is 3.62. The van der Waals surface area contributed by atoms with Gasteiger partial charge in [0.25, 0.3) is 0 Å². The standard InChI is InChI=1S/C12H15Cl2NO/c1-15-12(8-2-3-8)7-16-9-4-5-10(13)11(14)6-9/h4-6,8,12,15H,2-3,7H2,1H3/t12-/m0/s1. The Morgan fingerprint density at radius 1 is 1.38 bits per heavy atom. The number of hydrogen-bond donors (Lipinski definition) is 1. The summed E-state index contributed by atoms with van der Waals surface area (Å²) in [6.45, 7) is 0.680. The van der Waals surface area contributed by atoms with E-state index >= 15 is 0 Å². The van der Waals surface area contributed by atoms with Gasteiger partial charge in [-0.2, -0.15) is 0 Å². The summed E-state index contributed by atoms with van der Waals surface area (Å²) in [5, 5.41) is 4.37. The number of benzene rings is 1. The monoisotopic (exact) mass is 259 g/mol. The van der Waals surface area contributed by atoms with E-state index < -0.39 is 0 Å². The second kappa shape index (κ2) is 5.26. The molecule has 1 fully saturated rings. The van der Waals surface area contributed by atoms with Gasteiger partial charge in [-0.3, -0.25) is 0 Å². The Balaban J connectivity index is 1.90. The van der Waals surface area contributed by atoms with Crippen molar-refractivity contribution < 1.29 is 4.74 Å². The fraction of sp³-hybridized carbons (Fsp3) is 0.500. The number of ether oxygens (including phenoxy) is 1. The van der Waals surface area contributed by atoms with Crippen molar-refractivity contribution in [3.63, 3.8) is 0 Å². The van der Waals surface area contributed by atoms with Gasteiger partial charge in [-0.1, -0.05) is 23.2 Å². The van der Waals surface area contributed by atoms with Gasteiger partial charge in [0.2, 0.25) is 0 Å². The van der Waals surface area contributed by atoms with Crippen LogP contribution in [0.5, 0.6) is 5.75 Å². The number of rotatable bonds is 5. The molecule has 0 bridgehead atoms. The van der Waals surface area contributed by atoms with Crippen LogP contribution in [0.1, 0.15) is 12.8 Å². The van der Waals surface area contributed by atoms with Gasteiger partial charge >= 0.3 is 0 Å². The molecule has 1 aromatic carbocycles. The predicted octanol–water partition coefficient (Wildman–Crippen LogP) is 3.37. The minimum absolute atomic E-state index is 0.439. The van der Waals surface area contributed by atoms with Crippen molar-refractivity contribution in [2.24, 2.45) is 5.92 Å². The van der Waals surface area contributed by atoms with Gasteiger partial charge in [-0.15, -0.1) is 0 Å². The maximum Gasteiger partial charge on any atom is 0.120 e. The average Bonchev–Trinajstić information content (AvgIpc) is 3.08. The van der Waals surface area contributed by atoms with Crippen LogP contribution in [0.3, 0.4) is 0 Å². The number of hydrogen-bond acceptors (Lipinski definition) is 2. The van der Waals surface area contributed by atoms with Crippen LogP contribution in [0, 0.1) is 5.92 Å². The van der Waals surface area contributed by atoms with E-state index in [-0.39, 0.29) is 0 Å². The van der Waals surface area contributed by atoms with Crippen LogP contribution in [0.2, 0.25) is 10.0 Å². The van der Waals surface area contributed by atoms with Crippen molar-refractivity contribution in [3.8, 4) is 5.75 Å². The summed E-state index contributed by atoms with van der Waals surface area (Å²) in [5.41, 5.74) is 0. The molecule has 1 saturated carbocycles. The highest BCUT2D eigenvalue weighted by atomic mass is 35.5. The van der Waals surface area contributed by atoms with Crippen LogP contribution < -0.4 is 10.1 Å². The molecule has 4 heteroatoms. The van der Waals surface area contributed by atoms with E-state index in [4.69, 9.17) is 27.9 Å². The van der Waals surface area contributed by atoms with E-state index in [2.05, 4.69) is 5.32 Å². The van der Waals surface area contributed by atoms with Gasteiger partial charge in [-0.05, 0) is 37.9 Å². The van der Waals surface area contributed by atoms with Crippen molar-refractivity contribution >= 4 is 23.2 Å². The molecule has 0 amide bonds. The highest BCUT2D eigenvalue weighted by Gasteiger charge is 2.30. The zero-order valence-electron chi connectivity index (χ0n) is 9.17. The first kappa shape index (κ1) is 12.0. The second-order valence-corrected chi connectivity index (χ2v) is 4.93. The van der Waals surface area contributed by atoms with E-state index in [1.807, 2.05) is 13.1 Å². The summed E-state index contributed by atoms with van der Waals surface area (Å²) in [7, 11) is 1.97. The smallest absolute Gasteiger partial charge is 0.120 e. The first-order valence-corrected chi connectivity index (χ1v) is 6.21. The van der Waals surface area contributed by atoms with Gasteiger partial charge in [0.05, 0.1) is 10.0 Å². The van der Waals surface area contributed by atoms with Crippen molar-refractivity contribution in [1.82, 2.24) is 5.32 Å². The molecule has 88 valence electrons. The Kier molecular flexibility index (Phi) is 3.95. The molecule has 0 aliphatic heterocycles. The third kappa shape index (κ3) is 3.03. The summed E-state index contributed by atoms with van der Waals surface area (Å²) in [5.74, 6) is 1.54. The molecule has 0 heterocycles. The van der Waals surface area contributed by atoms with E-state index in [0.717, 1.165) is 11.7 Å². The third-order valence-electron chi connectivity index (χ3n) is 2.88. The Bertz CT molecular complexity index is 366. The fourth-order valence-electron chi connectivity index (χ4n) is 1.71. The molecule has 1 N–H and O–H groups in total. The van der Waals surface area contributed by atoms with Gasteiger partial charge < -0.3 is 10.1 Å². The topological polar surface area (TPSA) is 21.3 Å². The van der Waals surface area contributed by atoms with Crippen LogP contribution >= 0.6 is 23.2 Å². The molecule has 0 spiro atoms. The lowest BCUT2D eigenvalue weighted by molar-refractivity contribution is 0.256. The van der Waals surface area contributed by atoms with Crippen LogP contribution in [-0.2, 0) is 0 Å². The predicted molar refractivity (Wildman–Crippen MR) is 67.5 cm³/mol. The molecule has 0 aromatic heterocycles. The van der Waals surface area contributed by atoms with Crippen molar-refractivity contribution in [1.29, 1.82) is 0 Å². The van der Waals surface area contributed by atoms with Gasteiger partial charge in [0.15, 0.2) is 0 Å². The lowest BCUT2D eigenvalue weighted by Gasteiger charge is -2.16. The van der Waals surface area contributed by atoms with E-state index in [0.29, 0.717) is 22.7 Å². The zero-order valence-corrected chi connectivity index (χ0v) is 10.7. The maximum absolute atomic E-state index is 5.91. The molecule has 1 aliphatic rings. The normalized spacial score (nSPS) is 17.2. The average molecular weight is 260 g/mol. The van der Waals surface area contributed by atoms with E-state index in [1.54, 1.807) is 12.1 Å². The summed E-state index contributed by atoms with van der Waals surface area (Å²) in [4.78, 5) is 0. The van der Waals surface area contributed by atoms with Gasteiger partial charge in [-0.25, -0.2) is 0 Å². The molecular weight excluding hydrogens is 245 g/mol. The summed E-state index contributed by atoms with van der Waals surface area (Å²) >= 11 is 11.7. The van der Waals surface area contributed by atoms with Crippen molar-refractivity contribution in [2.75, 3.05) is 13.7 Å². The molecule has 0 unspecified atom stereocenters. The van der Waals surface area contributed by atoms with Crippen LogP contribution in [0.4, 0.5) is 0 Å². The maximum atomic E-state index is 5.91. The number of likely N-dealkylation sites (N-methyl/N-ethyl adjacent to an activating group) is 1. The zero-order chi connectivity index (χ0) is 11.5. The molecule has 2 nitrogen and oxygen atoms in total. The first-order valence-electron chi connectivity index (χ1n) is 5.46. The minimum atomic E-state index is 0.439. The SMILES string of the molecule is CN[C@@H](COc1ccc(Cl)c(Cl)c1)C1CC1. The van der Waals surface area contributed by atoms with E-state index in [1.165, 1.54) is 12.8 Å². The minimum Gasteiger partial charge on any atom is -0.492 e. The molecular formula is C12H15Cl2NO. The van der Waals surface area contributed by atoms with Gasteiger partial charge in [0.1, 0.15) is 12.4 Å². The van der Waals surface area contributed by atoms with Crippen LogP contribution in [-0.4, -0.2) is 19.7 Å². The Hall–Kier alpha value is -0.440. The number of nitrogens with one attached hydrogen (secondary N) is 1. The molecule has 16 heavy (non-hydrogen) atoms. The Morgan fingerprint density at radius 3 is 2.69 bits per heavy atom. The molecule has 1 aliphatic carbocycles.